The summed E-state index contributed by atoms with van der Waals surface area (Å²) in [4.78, 5) is 5.16. The van der Waals surface area contributed by atoms with Crippen molar-refractivity contribution in [3.8, 4) is 0 Å². The van der Waals surface area contributed by atoms with Gasteiger partial charge in [0.15, 0.2) is 0 Å². The van der Waals surface area contributed by atoms with Crippen LogP contribution in [0, 0.1) is 0 Å². The monoisotopic (exact) mass is 527 g/mol. The lowest BCUT2D eigenvalue weighted by molar-refractivity contribution is 0.200. The number of aromatic nitrogens is 1. The molecule has 2 unspecified atom stereocenters. The molecule has 182 valence electrons. The maximum absolute atomic E-state index is 13.6. The molecule has 0 spiro atoms. The van der Waals surface area contributed by atoms with Gasteiger partial charge < -0.3 is 5.11 Å². The molecule has 1 N–H and O–H groups in total. The van der Waals surface area contributed by atoms with Crippen LogP contribution in [0.15, 0.2) is 53.7 Å². The van der Waals surface area contributed by atoms with Gasteiger partial charge in [0, 0.05) is 16.0 Å². The SMILES string of the molecule is C=C(SCC=C(C/C=C\C)c1cc(C(C)CC)cc(C(O)CBr)n1)/C(F)=C\C.CC.CC. The normalized spacial score (nSPS) is 13.6. The highest BCUT2D eigenvalue weighted by molar-refractivity contribution is 9.09. The van der Waals surface area contributed by atoms with E-state index in [0.717, 1.165) is 24.1 Å². The molecule has 1 aromatic rings. The highest BCUT2D eigenvalue weighted by Gasteiger charge is 2.15. The molecule has 1 aromatic heterocycles. The summed E-state index contributed by atoms with van der Waals surface area (Å²) in [6.45, 7) is 19.8. The molecular formula is C27H43BrFNOS. The van der Waals surface area contributed by atoms with Crippen LogP contribution in [0.5, 0.6) is 0 Å². The molecule has 1 heterocycles. The first kappa shape index (κ1) is 33.0. The van der Waals surface area contributed by atoms with Gasteiger partial charge >= 0.3 is 0 Å². The highest BCUT2D eigenvalue weighted by Crippen LogP contribution is 2.29. The molecule has 5 heteroatoms. The Morgan fingerprint density at radius 1 is 1.25 bits per heavy atom. The van der Waals surface area contributed by atoms with Crippen LogP contribution in [0.4, 0.5) is 4.39 Å². The fraction of sp³-hybridized carbons (Fsp3) is 0.519. The quantitative estimate of drug-likeness (QED) is 0.176. The molecule has 1 rings (SSSR count). The van der Waals surface area contributed by atoms with Crippen molar-refractivity contribution in [3.05, 3.63) is 70.7 Å². The van der Waals surface area contributed by atoms with Crippen molar-refractivity contribution >= 4 is 33.3 Å². The summed E-state index contributed by atoms with van der Waals surface area (Å²) in [5.74, 6) is 0.704. The number of aliphatic hydroxyl groups excluding tert-OH is 1. The number of nitrogens with zero attached hydrogens (tertiary/aromatic N) is 1. The lowest BCUT2D eigenvalue weighted by atomic mass is 9.95. The minimum Gasteiger partial charge on any atom is -0.386 e. The second-order valence-electron chi connectivity index (χ2n) is 6.56. The molecular weight excluding hydrogens is 485 g/mol. The van der Waals surface area contributed by atoms with Crippen LogP contribution >= 0.6 is 27.7 Å². The second kappa shape index (κ2) is 20.4. The number of rotatable bonds is 11. The first-order valence-electron chi connectivity index (χ1n) is 11.6. The summed E-state index contributed by atoms with van der Waals surface area (Å²) < 4.78 is 13.6. The van der Waals surface area contributed by atoms with E-state index in [-0.39, 0.29) is 5.83 Å². The maximum Gasteiger partial charge on any atom is 0.131 e. The minimum atomic E-state index is -0.649. The Morgan fingerprint density at radius 3 is 2.38 bits per heavy atom. The Kier molecular flexibility index (Phi) is 21.1. The van der Waals surface area contributed by atoms with E-state index in [0.29, 0.717) is 27.6 Å². The Morgan fingerprint density at radius 2 is 1.88 bits per heavy atom. The summed E-state index contributed by atoms with van der Waals surface area (Å²) in [5, 5.41) is 10.8. The van der Waals surface area contributed by atoms with Crippen molar-refractivity contribution in [3.63, 3.8) is 0 Å². The molecule has 0 saturated heterocycles. The molecule has 0 aliphatic carbocycles. The van der Waals surface area contributed by atoms with Gasteiger partial charge in [0.25, 0.3) is 0 Å². The summed E-state index contributed by atoms with van der Waals surface area (Å²) in [6.07, 6.45) is 8.68. The van der Waals surface area contributed by atoms with Crippen LogP contribution in [0.2, 0.25) is 0 Å². The van der Waals surface area contributed by atoms with Gasteiger partial charge in [0.1, 0.15) is 11.9 Å². The average molecular weight is 529 g/mol. The molecule has 0 bridgehead atoms. The van der Waals surface area contributed by atoms with E-state index < -0.39 is 6.10 Å². The fourth-order valence-electron chi connectivity index (χ4n) is 2.52. The highest BCUT2D eigenvalue weighted by atomic mass is 79.9. The van der Waals surface area contributed by atoms with Gasteiger partial charge in [-0.15, -0.1) is 11.8 Å². The number of aliphatic hydroxyl groups is 1. The van der Waals surface area contributed by atoms with E-state index in [1.165, 1.54) is 23.4 Å². The van der Waals surface area contributed by atoms with E-state index in [2.05, 4.69) is 54.6 Å². The molecule has 0 radical (unpaired) electrons. The topological polar surface area (TPSA) is 33.1 Å². The van der Waals surface area contributed by atoms with Gasteiger partial charge in [-0.3, -0.25) is 4.98 Å². The Bertz CT molecular complexity index is 715. The number of halogens is 2. The van der Waals surface area contributed by atoms with Gasteiger partial charge in [-0.25, -0.2) is 4.39 Å². The molecule has 2 atom stereocenters. The molecule has 0 fully saturated rings. The third-order valence-electron chi connectivity index (χ3n) is 4.55. The van der Waals surface area contributed by atoms with Crippen molar-refractivity contribution < 1.29 is 9.50 Å². The van der Waals surface area contributed by atoms with Gasteiger partial charge in [0.05, 0.1) is 11.4 Å². The number of alkyl halides is 1. The number of hydrogen-bond donors (Lipinski definition) is 1. The van der Waals surface area contributed by atoms with Crippen LogP contribution in [0.3, 0.4) is 0 Å². The average Bonchev–Trinajstić information content (AvgIpc) is 2.86. The number of hydrogen-bond acceptors (Lipinski definition) is 3. The standard InChI is InChI=1S/C23H31BrFNOS.2C2H6/c1-6-9-10-18(11-12-28-17(5)20(25)8-3)21-13-19(16(4)7-2)14-22(26-21)23(27)15-24;2*1-2/h6,8-9,11,13-14,16,23,27H,5,7,10,12,15H2,1-4H3;2*1-2H3/b9-6-,18-11?,20-8+;;. The van der Waals surface area contributed by atoms with Crippen molar-refractivity contribution in [1.29, 1.82) is 0 Å². The summed E-state index contributed by atoms with van der Waals surface area (Å²) in [5.41, 5.74) is 3.77. The molecule has 0 saturated carbocycles. The van der Waals surface area contributed by atoms with Crippen molar-refractivity contribution in [2.45, 2.75) is 80.3 Å². The zero-order valence-corrected chi connectivity index (χ0v) is 23.6. The number of pyridine rings is 1. The van der Waals surface area contributed by atoms with Crippen LogP contribution < -0.4 is 0 Å². The zero-order valence-electron chi connectivity index (χ0n) is 21.2. The van der Waals surface area contributed by atoms with E-state index in [4.69, 9.17) is 4.98 Å². The Hall–Kier alpha value is -1.17. The predicted molar refractivity (Wildman–Crippen MR) is 148 cm³/mol. The summed E-state index contributed by atoms with van der Waals surface area (Å²) in [6, 6.07) is 4.11. The Labute approximate surface area is 209 Å². The van der Waals surface area contributed by atoms with Crippen LogP contribution in [-0.4, -0.2) is 21.2 Å². The third kappa shape index (κ3) is 12.2. The first-order chi connectivity index (χ1) is 15.4. The lowest BCUT2D eigenvalue weighted by Gasteiger charge is -2.16. The van der Waals surface area contributed by atoms with Crippen LogP contribution in [0.1, 0.15) is 97.2 Å². The summed E-state index contributed by atoms with van der Waals surface area (Å²) >= 11 is 4.71. The molecule has 0 amide bonds. The van der Waals surface area contributed by atoms with Gasteiger partial charge in [-0.1, -0.05) is 88.4 Å². The number of allylic oxidation sites excluding steroid dienone is 5. The van der Waals surface area contributed by atoms with E-state index in [1.54, 1.807) is 6.92 Å². The molecule has 2 nitrogen and oxygen atoms in total. The van der Waals surface area contributed by atoms with Gasteiger partial charge in [0.2, 0.25) is 0 Å². The van der Waals surface area contributed by atoms with Gasteiger partial charge in [-0.2, -0.15) is 0 Å². The molecule has 0 aromatic carbocycles. The molecule has 0 aliphatic heterocycles. The van der Waals surface area contributed by atoms with Crippen molar-refractivity contribution in [2.24, 2.45) is 0 Å². The fourth-order valence-corrected chi connectivity index (χ4v) is 3.59. The lowest BCUT2D eigenvalue weighted by Crippen LogP contribution is -2.07. The second-order valence-corrected chi connectivity index (χ2v) is 8.33. The molecule has 0 aliphatic rings. The minimum absolute atomic E-state index is 0.284. The molecule has 32 heavy (non-hydrogen) atoms. The largest absolute Gasteiger partial charge is 0.386 e. The maximum atomic E-state index is 13.6. The van der Waals surface area contributed by atoms with E-state index in [9.17, 15) is 9.50 Å². The van der Waals surface area contributed by atoms with E-state index >= 15 is 0 Å². The van der Waals surface area contributed by atoms with Gasteiger partial charge in [-0.05, 0) is 55.9 Å². The number of thioether (sulfide) groups is 1. The van der Waals surface area contributed by atoms with Crippen molar-refractivity contribution in [2.75, 3.05) is 11.1 Å². The Balaban J connectivity index is 0. The zero-order chi connectivity index (χ0) is 25.1. The van der Waals surface area contributed by atoms with Crippen molar-refractivity contribution in [1.82, 2.24) is 4.98 Å². The summed E-state index contributed by atoms with van der Waals surface area (Å²) in [7, 11) is 0. The smallest absolute Gasteiger partial charge is 0.131 e. The van der Waals surface area contributed by atoms with E-state index in [1.807, 2.05) is 46.8 Å². The first-order valence-corrected chi connectivity index (χ1v) is 13.7. The predicted octanol–water partition coefficient (Wildman–Crippen LogP) is 9.55. The van der Waals surface area contributed by atoms with Crippen LogP contribution in [-0.2, 0) is 0 Å². The van der Waals surface area contributed by atoms with Crippen LogP contribution in [0.25, 0.3) is 5.57 Å². The third-order valence-corrected chi connectivity index (χ3v) is 6.04.